The Morgan fingerprint density at radius 2 is 1.88 bits per heavy atom. The van der Waals surface area contributed by atoms with Gasteiger partial charge in [-0.2, -0.15) is 0 Å². The van der Waals surface area contributed by atoms with Crippen LogP contribution in [0.5, 0.6) is 0 Å². The molecule has 25 heavy (non-hydrogen) atoms. The number of urea groups is 1. The molecule has 1 aromatic rings. The molecule has 0 aromatic carbocycles. The Morgan fingerprint density at radius 3 is 2.48 bits per heavy atom. The monoisotopic (exact) mass is 347 g/mol. The number of carbonyl (C=O) groups is 1. The molecule has 0 spiro atoms. The molecule has 0 bridgehead atoms. The van der Waals surface area contributed by atoms with E-state index in [-0.39, 0.29) is 6.03 Å². The van der Waals surface area contributed by atoms with Gasteiger partial charge in [0.15, 0.2) is 5.96 Å². The number of nitrogens with one attached hydrogen (secondary N) is 2. The number of guanidine groups is 1. The van der Waals surface area contributed by atoms with Crippen LogP contribution in [0.25, 0.3) is 0 Å². The summed E-state index contributed by atoms with van der Waals surface area (Å²) in [4.78, 5) is 17.7. The van der Waals surface area contributed by atoms with Crippen LogP contribution in [0.2, 0.25) is 0 Å². The lowest BCUT2D eigenvalue weighted by Crippen LogP contribution is -2.52. The molecule has 1 aromatic heterocycles. The van der Waals surface area contributed by atoms with Gasteiger partial charge in [0.1, 0.15) is 5.76 Å². The number of rotatable bonds is 5. The van der Waals surface area contributed by atoms with Gasteiger partial charge in [-0.15, -0.1) is 0 Å². The van der Waals surface area contributed by atoms with Crippen molar-refractivity contribution in [3.63, 3.8) is 0 Å². The molecule has 2 heterocycles. The van der Waals surface area contributed by atoms with E-state index in [1.807, 2.05) is 12.1 Å². The maximum atomic E-state index is 11.3. The van der Waals surface area contributed by atoms with E-state index in [0.29, 0.717) is 31.7 Å². The van der Waals surface area contributed by atoms with E-state index in [1.54, 1.807) is 11.2 Å². The van der Waals surface area contributed by atoms with Crippen LogP contribution in [0.15, 0.2) is 27.8 Å². The van der Waals surface area contributed by atoms with E-state index in [4.69, 9.17) is 15.1 Å². The average Bonchev–Trinajstić information content (AvgIpc) is 3.29. The summed E-state index contributed by atoms with van der Waals surface area (Å²) < 4.78 is 5.37. The number of hydrogen-bond donors (Lipinski definition) is 3. The molecule has 138 valence electrons. The van der Waals surface area contributed by atoms with E-state index in [9.17, 15) is 4.79 Å². The zero-order valence-corrected chi connectivity index (χ0v) is 14.7. The molecule has 3 rings (SSSR count). The van der Waals surface area contributed by atoms with Crippen LogP contribution in [0.3, 0.4) is 0 Å². The third-order valence-corrected chi connectivity index (χ3v) is 5.05. The number of furan rings is 1. The predicted molar refractivity (Wildman–Crippen MR) is 97.4 cm³/mol. The molecule has 1 aliphatic carbocycles. The molecule has 1 aliphatic heterocycles. The Hall–Kier alpha value is -2.18. The minimum absolute atomic E-state index is 0.324. The lowest BCUT2D eigenvalue weighted by molar-refractivity contribution is 0.188. The third kappa shape index (κ3) is 5.41. The second-order valence-corrected chi connectivity index (χ2v) is 6.93. The maximum absolute atomic E-state index is 11.3. The van der Waals surface area contributed by atoms with Crippen molar-refractivity contribution in [3.05, 3.63) is 24.2 Å². The van der Waals surface area contributed by atoms with Crippen molar-refractivity contribution < 1.29 is 9.21 Å². The Balaban J connectivity index is 1.53. The molecule has 0 radical (unpaired) electrons. The standard InChI is InChI=1S/C18H29N5O2/c19-17(24)23-11-8-15(9-12-23)22-18(21-14-4-1-2-5-14)20-10-7-16-6-3-13-25-16/h3,6,13-15H,1-2,4-5,7-12H2,(H2,19,24)(H2,20,21,22). The van der Waals surface area contributed by atoms with Gasteiger partial charge in [-0.05, 0) is 37.8 Å². The number of aliphatic imine (C=N–C) groups is 1. The fourth-order valence-corrected chi connectivity index (χ4v) is 3.57. The highest BCUT2D eigenvalue weighted by Gasteiger charge is 2.23. The largest absolute Gasteiger partial charge is 0.469 e. The highest BCUT2D eigenvalue weighted by molar-refractivity contribution is 5.80. The molecule has 2 amide bonds. The van der Waals surface area contributed by atoms with Crippen molar-refractivity contribution in [2.45, 2.75) is 57.0 Å². The van der Waals surface area contributed by atoms with E-state index < -0.39 is 0 Å². The van der Waals surface area contributed by atoms with Gasteiger partial charge in [0.25, 0.3) is 0 Å². The molecule has 2 fully saturated rings. The van der Waals surface area contributed by atoms with Crippen LogP contribution in [-0.4, -0.2) is 48.6 Å². The molecule has 2 aliphatic rings. The average molecular weight is 347 g/mol. The zero-order chi connectivity index (χ0) is 17.5. The van der Waals surface area contributed by atoms with Crippen molar-refractivity contribution in [2.75, 3.05) is 19.6 Å². The van der Waals surface area contributed by atoms with Crippen LogP contribution in [0.4, 0.5) is 4.79 Å². The zero-order valence-electron chi connectivity index (χ0n) is 14.7. The summed E-state index contributed by atoms with van der Waals surface area (Å²) in [7, 11) is 0. The van der Waals surface area contributed by atoms with Crippen molar-refractivity contribution in [2.24, 2.45) is 10.7 Å². The van der Waals surface area contributed by atoms with Crippen LogP contribution in [0.1, 0.15) is 44.3 Å². The first-order valence-corrected chi connectivity index (χ1v) is 9.35. The lowest BCUT2D eigenvalue weighted by Gasteiger charge is -2.32. The molecular formula is C18H29N5O2. The highest BCUT2D eigenvalue weighted by atomic mass is 16.3. The Kier molecular flexibility index (Phi) is 6.19. The molecule has 7 nitrogen and oxygen atoms in total. The topological polar surface area (TPSA) is 95.9 Å². The Labute approximate surface area is 149 Å². The van der Waals surface area contributed by atoms with Gasteiger partial charge in [0, 0.05) is 38.1 Å². The second kappa shape index (κ2) is 8.78. The normalized spacial score (nSPS) is 20.0. The highest BCUT2D eigenvalue weighted by Crippen LogP contribution is 2.18. The van der Waals surface area contributed by atoms with Gasteiger partial charge >= 0.3 is 6.03 Å². The van der Waals surface area contributed by atoms with Gasteiger partial charge in [0.2, 0.25) is 0 Å². The minimum atomic E-state index is -0.324. The first-order chi connectivity index (χ1) is 12.2. The predicted octanol–water partition coefficient (Wildman–Crippen LogP) is 1.84. The summed E-state index contributed by atoms with van der Waals surface area (Å²) in [6.07, 6.45) is 9.27. The summed E-state index contributed by atoms with van der Waals surface area (Å²) in [5, 5.41) is 7.13. The fraction of sp³-hybridized carbons (Fsp3) is 0.667. The number of carbonyl (C=O) groups excluding carboxylic acids is 1. The smallest absolute Gasteiger partial charge is 0.314 e. The van der Waals surface area contributed by atoms with Crippen molar-refractivity contribution in [3.8, 4) is 0 Å². The van der Waals surface area contributed by atoms with Crippen LogP contribution in [0, 0.1) is 0 Å². The summed E-state index contributed by atoms with van der Waals surface area (Å²) in [6, 6.07) is 4.40. The van der Waals surface area contributed by atoms with E-state index >= 15 is 0 Å². The first kappa shape index (κ1) is 17.6. The van der Waals surface area contributed by atoms with Crippen molar-refractivity contribution in [1.29, 1.82) is 0 Å². The van der Waals surface area contributed by atoms with Gasteiger partial charge in [-0.3, -0.25) is 4.99 Å². The Bertz CT molecular complexity index is 558. The minimum Gasteiger partial charge on any atom is -0.469 e. The van der Waals surface area contributed by atoms with E-state index in [0.717, 1.165) is 31.0 Å². The van der Waals surface area contributed by atoms with Gasteiger partial charge < -0.3 is 25.7 Å². The third-order valence-electron chi connectivity index (χ3n) is 5.05. The first-order valence-electron chi connectivity index (χ1n) is 9.35. The number of nitrogens with two attached hydrogens (primary N) is 1. The van der Waals surface area contributed by atoms with Gasteiger partial charge in [0.05, 0.1) is 6.26 Å². The molecule has 4 N–H and O–H groups in total. The van der Waals surface area contributed by atoms with Crippen LogP contribution >= 0.6 is 0 Å². The number of nitrogens with zero attached hydrogens (tertiary/aromatic N) is 2. The lowest BCUT2D eigenvalue weighted by atomic mass is 10.1. The van der Waals surface area contributed by atoms with E-state index in [2.05, 4.69) is 10.6 Å². The van der Waals surface area contributed by atoms with Crippen LogP contribution in [-0.2, 0) is 6.42 Å². The summed E-state index contributed by atoms with van der Waals surface area (Å²) in [6.45, 7) is 2.10. The number of amides is 2. The SMILES string of the molecule is NC(=O)N1CCC(NC(=NCCc2ccco2)NC2CCCC2)CC1. The molecule has 0 unspecified atom stereocenters. The quantitative estimate of drug-likeness (QED) is 0.559. The second-order valence-electron chi connectivity index (χ2n) is 6.93. The van der Waals surface area contributed by atoms with Crippen LogP contribution < -0.4 is 16.4 Å². The number of primary amides is 1. The molecule has 0 atom stereocenters. The summed E-state index contributed by atoms with van der Waals surface area (Å²) in [5.74, 6) is 1.84. The fourth-order valence-electron chi connectivity index (χ4n) is 3.57. The number of hydrogen-bond acceptors (Lipinski definition) is 3. The molecule has 7 heteroatoms. The molecule has 1 saturated heterocycles. The van der Waals surface area contributed by atoms with Crippen molar-refractivity contribution >= 4 is 12.0 Å². The molecule has 1 saturated carbocycles. The number of likely N-dealkylation sites (tertiary alicyclic amines) is 1. The van der Waals surface area contributed by atoms with Gasteiger partial charge in [-0.25, -0.2) is 4.79 Å². The van der Waals surface area contributed by atoms with E-state index in [1.165, 1.54) is 25.7 Å². The summed E-state index contributed by atoms with van der Waals surface area (Å²) in [5.41, 5.74) is 5.36. The molecular weight excluding hydrogens is 318 g/mol. The van der Waals surface area contributed by atoms with Crippen molar-refractivity contribution in [1.82, 2.24) is 15.5 Å². The van der Waals surface area contributed by atoms with Gasteiger partial charge in [-0.1, -0.05) is 12.8 Å². The maximum Gasteiger partial charge on any atom is 0.314 e. The summed E-state index contributed by atoms with van der Waals surface area (Å²) >= 11 is 0. The number of piperidine rings is 1. The Morgan fingerprint density at radius 1 is 1.20 bits per heavy atom.